The van der Waals surface area contributed by atoms with E-state index in [0.29, 0.717) is 41.2 Å². The second-order valence-corrected chi connectivity index (χ2v) is 6.92. The molecule has 9 nitrogen and oxygen atoms in total. The maximum Gasteiger partial charge on any atom is 0.349 e. The van der Waals surface area contributed by atoms with Crippen molar-refractivity contribution in [2.75, 3.05) is 13.2 Å². The molecule has 32 heavy (non-hydrogen) atoms. The molecule has 0 aliphatic heterocycles. The Balaban J connectivity index is 1.41. The molecule has 0 fully saturated rings. The van der Waals surface area contributed by atoms with E-state index in [9.17, 15) is 14.4 Å². The lowest BCUT2D eigenvalue weighted by atomic mass is 10.1. The Labute approximate surface area is 182 Å². The molecule has 1 aromatic carbocycles. The van der Waals surface area contributed by atoms with Crippen molar-refractivity contribution in [3.8, 4) is 17.2 Å². The van der Waals surface area contributed by atoms with Crippen molar-refractivity contribution in [1.29, 1.82) is 0 Å². The first kappa shape index (κ1) is 21.1. The highest BCUT2D eigenvalue weighted by molar-refractivity contribution is 5.97. The van der Waals surface area contributed by atoms with Crippen molar-refractivity contribution in [1.82, 2.24) is 15.1 Å². The van der Waals surface area contributed by atoms with E-state index in [4.69, 9.17) is 13.6 Å². The molecule has 0 aliphatic rings. The molecule has 0 atom stereocenters. The summed E-state index contributed by atoms with van der Waals surface area (Å²) in [5.74, 6) is 0.457. The van der Waals surface area contributed by atoms with Crippen LogP contribution < -0.4 is 21.2 Å². The van der Waals surface area contributed by atoms with Crippen LogP contribution in [0, 0.1) is 0 Å². The molecule has 0 aliphatic carbocycles. The highest BCUT2D eigenvalue weighted by Crippen LogP contribution is 2.24. The van der Waals surface area contributed by atoms with E-state index in [1.807, 2.05) is 6.92 Å². The highest BCUT2D eigenvalue weighted by atomic mass is 16.5. The lowest BCUT2D eigenvalue weighted by molar-refractivity contribution is 0.0949. The smallest absolute Gasteiger partial charge is 0.349 e. The second-order valence-electron chi connectivity index (χ2n) is 6.92. The van der Waals surface area contributed by atoms with Gasteiger partial charge in [-0.15, -0.1) is 0 Å². The summed E-state index contributed by atoms with van der Waals surface area (Å²) in [6.45, 7) is 2.79. The van der Waals surface area contributed by atoms with Crippen LogP contribution in [-0.4, -0.2) is 28.8 Å². The van der Waals surface area contributed by atoms with Gasteiger partial charge in [-0.25, -0.2) is 9.48 Å². The van der Waals surface area contributed by atoms with Crippen LogP contribution in [0.15, 0.2) is 73.2 Å². The van der Waals surface area contributed by atoms with Crippen LogP contribution in [0.4, 0.5) is 0 Å². The topological polar surface area (TPSA) is 117 Å². The number of nitrogens with zero attached hydrogens (tertiary/aromatic N) is 2. The number of ether oxygens (including phenoxy) is 1. The molecular formula is C23H21N3O6. The Hall–Kier alpha value is -4.14. The fourth-order valence-electron chi connectivity index (χ4n) is 3.24. The number of amides is 1. The zero-order valence-corrected chi connectivity index (χ0v) is 17.4. The number of rotatable bonds is 8. The molecular weight excluding hydrogens is 414 g/mol. The van der Waals surface area contributed by atoms with Gasteiger partial charge in [-0.3, -0.25) is 9.59 Å². The van der Waals surface area contributed by atoms with E-state index in [2.05, 4.69) is 10.4 Å². The molecule has 0 radical (unpaired) electrons. The van der Waals surface area contributed by atoms with Crippen LogP contribution >= 0.6 is 0 Å². The van der Waals surface area contributed by atoms with Gasteiger partial charge in [-0.2, -0.15) is 5.10 Å². The van der Waals surface area contributed by atoms with E-state index in [-0.39, 0.29) is 24.2 Å². The van der Waals surface area contributed by atoms with Gasteiger partial charge in [0.05, 0.1) is 12.9 Å². The van der Waals surface area contributed by atoms with E-state index in [1.54, 1.807) is 36.4 Å². The molecule has 3 aromatic heterocycles. The lowest BCUT2D eigenvalue weighted by Gasteiger charge is -2.09. The van der Waals surface area contributed by atoms with E-state index >= 15 is 0 Å². The molecule has 3 heterocycles. The van der Waals surface area contributed by atoms with Crippen molar-refractivity contribution in [3.63, 3.8) is 0 Å². The van der Waals surface area contributed by atoms with Gasteiger partial charge >= 0.3 is 5.63 Å². The van der Waals surface area contributed by atoms with E-state index in [1.165, 1.54) is 23.1 Å². The summed E-state index contributed by atoms with van der Waals surface area (Å²) < 4.78 is 17.4. The number of para-hydroxylation sites is 1. The van der Waals surface area contributed by atoms with Crippen molar-refractivity contribution < 1.29 is 18.4 Å². The summed E-state index contributed by atoms with van der Waals surface area (Å²) >= 11 is 0. The van der Waals surface area contributed by atoms with Gasteiger partial charge in [0.15, 0.2) is 17.1 Å². The minimum Gasteiger partial charge on any atom is -0.490 e. The monoisotopic (exact) mass is 435 g/mol. The van der Waals surface area contributed by atoms with Crippen LogP contribution in [0.3, 0.4) is 0 Å². The molecule has 0 saturated heterocycles. The maximum atomic E-state index is 12.5. The number of carbonyl (C=O) groups excluding carboxylic acids is 1. The average molecular weight is 435 g/mol. The molecule has 4 aromatic rings. The molecule has 164 valence electrons. The van der Waals surface area contributed by atoms with Crippen molar-refractivity contribution in [3.05, 3.63) is 81.1 Å². The number of hydrogen-bond acceptors (Lipinski definition) is 7. The summed E-state index contributed by atoms with van der Waals surface area (Å²) in [6, 6.07) is 13.2. The highest BCUT2D eigenvalue weighted by Gasteiger charge is 2.15. The molecule has 0 unspecified atom stereocenters. The first-order chi connectivity index (χ1) is 15.6. The normalized spacial score (nSPS) is 10.9. The first-order valence-electron chi connectivity index (χ1n) is 10.2. The number of nitrogens with one attached hydrogen (secondary N) is 1. The fourth-order valence-corrected chi connectivity index (χ4v) is 3.24. The quantitative estimate of drug-likeness (QED) is 0.334. The van der Waals surface area contributed by atoms with Gasteiger partial charge in [0, 0.05) is 24.5 Å². The largest absolute Gasteiger partial charge is 0.490 e. The van der Waals surface area contributed by atoms with Gasteiger partial charge in [0.1, 0.15) is 11.3 Å². The number of aromatic nitrogens is 2. The maximum absolute atomic E-state index is 12.5. The zero-order valence-electron chi connectivity index (χ0n) is 17.4. The Kier molecular flexibility index (Phi) is 6.16. The van der Waals surface area contributed by atoms with Crippen LogP contribution in [-0.2, 0) is 6.54 Å². The van der Waals surface area contributed by atoms with Gasteiger partial charge in [-0.1, -0.05) is 12.1 Å². The molecule has 0 spiro atoms. The van der Waals surface area contributed by atoms with Gasteiger partial charge in [0.2, 0.25) is 0 Å². The number of benzene rings is 1. The van der Waals surface area contributed by atoms with E-state index < -0.39 is 11.5 Å². The Morgan fingerprint density at radius 2 is 2.03 bits per heavy atom. The van der Waals surface area contributed by atoms with Crippen molar-refractivity contribution in [2.45, 2.75) is 19.9 Å². The predicted molar refractivity (Wildman–Crippen MR) is 117 cm³/mol. The van der Waals surface area contributed by atoms with Gasteiger partial charge < -0.3 is 18.9 Å². The minimum absolute atomic E-state index is 0.0961. The molecule has 1 N–H and O–H groups in total. The Bertz CT molecular complexity index is 1350. The summed E-state index contributed by atoms with van der Waals surface area (Å²) in [5, 5.41) is 7.56. The fraction of sp³-hybridized carbons (Fsp3) is 0.217. The number of hydrogen-bond donors (Lipinski definition) is 1. The average Bonchev–Trinajstić information content (AvgIpc) is 3.33. The summed E-state index contributed by atoms with van der Waals surface area (Å²) in [4.78, 5) is 36.9. The zero-order chi connectivity index (χ0) is 22.5. The lowest BCUT2D eigenvalue weighted by Crippen LogP contribution is -2.30. The standard InChI is InChI=1S/C23H21N3O6/c1-2-30-19-7-3-6-15-14-16(23(29)32-21(15)19)22(28)24-11-5-12-26-20(27)10-9-17(25-26)18-8-4-13-31-18/h3-4,6-10,13-14H,2,5,11-12H2,1H3,(H,24,28). The summed E-state index contributed by atoms with van der Waals surface area (Å²) in [5.41, 5.74) is -0.254. The third kappa shape index (κ3) is 4.46. The number of carbonyl (C=O) groups is 1. The van der Waals surface area contributed by atoms with Crippen molar-refractivity contribution >= 4 is 16.9 Å². The first-order valence-corrected chi connectivity index (χ1v) is 10.2. The molecule has 9 heteroatoms. The minimum atomic E-state index is -0.744. The van der Waals surface area contributed by atoms with Crippen LogP contribution in [0.1, 0.15) is 23.7 Å². The van der Waals surface area contributed by atoms with Crippen LogP contribution in [0.2, 0.25) is 0 Å². The molecule has 4 rings (SSSR count). The molecule has 1 amide bonds. The molecule has 0 bridgehead atoms. The molecule has 0 saturated carbocycles. The third-order valence-electron chi connectivity index (χ3n) is 4.74. The Morgan fingerprint density at radius 3 is 2.81 bits per heavy atom. The van der Waals surface area contributed by atoms with Gasteiger partial charge in [0.25, 0.3) is 11.5 Å². The second kappa shape index (κ2) is 9.34. The number of furan rings is 1. The number of aryl methyl sites for hydroxylation is 1. The van der Waals surface area contributed by atoms with Gasteiger partial charge in [-0.05, 0) is 43.7 Å². The van der Waals surface area contributed by atoms with Crippen molar-refractivity contribution in [2.24, 2.45) is 0 Å². The van der Waals surface area contributed by atoms with Crippen LogP contribution in [0.5, 0.6) is 5.75 Å². The van der Waals surface area contributed by atoms with E-state index in [0.717, 1.165) is 0 Å². The third-order valence-corrected chi connectivity index (χ3v) is 4.74. The summed E-state index contributed by atoms with van der Waals surface area (Å²) in [6.07, 6.45) is 1.97. The Morgan fingerprint density at radius 1 is 1.16 bits per heavy atom. The summed E-state index contributed by atoms with van der Waals surface area (Å²) in [7, 11) is 0. The van der Waals surface area contributed by atoms with Crippen LogP contribution in [0.25, 0.3) is 22.4 Å². The SMILES string of the molecule is CCOc1cccc2cc(C(=O)NCCCn3nc(-c4ccco4)ccc3=O)c(=O)oc12. The predicted octanol–water partition coefficient (Wildman–Crippen LogP) is 2.83. The number of fused-ring (bicyclic) bond motifs is 1.